The summed E-state index contributed by atoms with van der Waals surface area (Å²) in [5.41, 5.74) is -2.85. The van der Waals surface area contributed by atoms with Crippen LogP contribution in [0.25, 0.3) is 10.9 Å². The molecule has 16 heteroatoms. The molecule has 228 valence electrons. The number of halogens is 3. The van der Waals surface area contributed by atoms with Gasteiger partial charge < -0.3 is 14.7 Å². The number of amides is 1. The van der Waals surface area contributed by atoms with Gasteiger partial charge in [-0.05, 0) is 70.0 Å². The second-order valence-electron chi connectivity index (χ2n) is 10.7. The summed E-state index contributed by atoms with van der Waals surface area (Å²) < 4.78 is 104. The van der Waals surface area contributed by atoms with Crippen molar-refractivity contribution in [2.45, 2.75) is 61.2 Å². The van der Waals surface area contributed by atoms with Crippen molar-refractivity contribution in [2.75, 3.05) is 13.1 Å². The van der Waals surface area contributed by atoms with E-state index in [4.69, 9.17) is 9.84 Å². The first-order chi connectivity index (χ1) is 19.3. The number of carbonyl (C=O) groups excluding carboxylic acids is 1. The van der Waals surface area contributed by atoms with E-state index in [0.717, 1.165) is 36.4 Å². The van der Waals surface area contributed by atoms with Gasteiger partial charge in [0, 0.05) is 30.7 Å². The highest BCUT2D eigenvalue weighted by atomic mass is 32.2. The Bertz CT molecular complexity index is 1740. The third-order valence-electron chi connectivity index (χ3n) is 6.48. The van der Waals surface area contributed by atoms with E-state index in [1.165, 1.54) is 4.90 Å². The van der Waals surface area contributed by atoms with Crippen LogP contribution in [0.5, 0.6) is 0 Å². The van der Waals surface area contributed by atoms with Crippen molar-refractivity contribution in [3.63, 3.8) is 0 Å². The number of fused-ring (bicyclic) bond motifs is 1. The third-order valence-corrected chi connectivity index (χ3v) is 9.70. The van der Waals surface area contributed by atoms with Gasteiger partial charge in [-0.25, -0.2) is 35.1 Å². The number of alkyl halides is 3. The number of carboxylic acids is 1. The van der Waals surface area contributed by atoms with E-state index in [0.29, 0.717) is 16.2 Å². The quantitative estimate of drug-likeness (QED) is 0.409. The van der Waals surface area contributed by atoms with Crippen molar-refractivity contribution in [2.24, 2.45) is 0 Å². The van der Waals surface area contributed by atoms with Gasteiger partial charge in [0.1, 0.15) is 10.5 Å². The van der Waals surface area contributed by atoms with Crippen LogP contribution in [-0.4, -0.2) is 67.6 Å². The zero-order valence-corrected chi connectivity index (χ0v) is 24.3. The molecule has 4 rings (SSSR count). The molecule has 0 aliphatic carbocycles. The first-order valence-electron chi connectivity index (χ1n) is 12.6. The molecule has 1 amide bonds. The van der Waals surface area contributed by atoms with Gasteiger partial charge in [-0.3, -0.25) is 0 Å². The van der Waals surface area contributed by atoms with Crippen LogP contribution in [0.15, 0.2) is 58.5 Å². The van der Waals surface area contributed by atoms with E-state index in [1.807, 2.05) is 0 Å². The molecule has 2 aromatic carbocycles. The van der Waals surface area contributed by atoms with E-state index in [-0.39, 0.29) is 31.5 Å². The Morgan fingerprint density at radius 2 is 1.57 bits per heavy atom. The number of ether oxygens (including phenoxy) is 1. The Morgan fingerprint density at radius 3 is 2.10 bits per heavy atom. The maximum Gasteiger partial charge on any atom is 0.417 e. The molecular weight excluding hydrogens is 603 g/mol. The van der Waals surface area contributed by atoms with E-state index in [9.17, 15) is 39.6 Å². The molecule has 0 radical (unpaired) electrons. The highest BCUT2D eigenvalue weighted by Gasteiger charge is 2.38. The van der Waals surface area contributed by atoms with Crippen LogP contribution in [0, 0.1) is 0 Å². The molecular formula is C26H28F3N3O8S2. The minimum atomic E-state index is -5.03. The number of carbonyl (C=O) groups is 2. The van der Waals surface area contributed by atoms with Crippen molar-refractivity contribution in [3.05, 3.63) is 59.8 Å². The van der Waals surface area contributed by atoms with Gasteiger partial charge in [-0.15, -0.1) is 0 Å². The van der Waals surface area contributed by atoms with Gasteiger partial charge in [-0.2, -0.15) is 13.2 Å². The second-order valence-corrected chi connectivity index (χ2v) is 14.2. The van der Waals surface area contributed by atoms with Crippen LogP contribution < -0.4 is 4.72 Å². The Kier molecular flexibility index (Phi) is 8.12. The van der Waals surface area contributed by atoms with Crippen LogP contribution in [0.1, 0.15) is 49.5 Å². The van der Waals surface area contributed by atoms with Crippen LogP contribution in [0.4, 0.5) is 18.0 Å². The lowest BCUT2D eigenvalue weighted by Gasteiger charge is -2.33. The minimum absolute atomic E-state index is 0.123. The summed E-state index contributed by atoms with van der Waals surface area (Å²) in [5.74, 6) is -1.32. The van der Waals surface area contributed by atoms with Gasteiger partial charge >= 0.3 is 18.2 Å². The molecule has 0 spiro atoms. The molecule has 0 atom stereocenters. The normalized spacial score (nSPS) is 15.6. The predicted molar refractivity (Wildman–Crippen MR) is 144 cm³/mol. The monoisotopic (exact) mass is 631 g/mol. The molecule has 0 unspecified atom stereocenters. The smallest absolute Gasteiger partial charge is 0.417 e. The topological polar surface area (TPSA) is 152 Å². The number of hydrogen-bond acceptors (Lipinski definition) is 7. The number of sulfonamides is 1. The van der Waals surface area contributed by atoms with E-state index >= 15 is 0 Å². The molecule has 3 aromatic rings. The highest BCUT2D eigenvalue weighted by Crippen LogP contribution is 2.40. The lowest BCUT2D eigenvalue weighted by atomic mass is 10.1. The van der Waals surface area contributed by atoms with E-state index in [1.54, 1.807) is 20.8 Å². The number of carboxylic acid groups (broad SMARTS) is 1. The zero-order chi connectivity index (χ0) is 31.3. The van der Waals surface area contributed by atoms with Gasteiger partial charge in [0.2, 0.25) is 10.0 Å². The number of nitrogens with one attached hydrogen (secondary N) is 1. The average molecular weight is 632 g/mol. The van der Waals surface area contributed by atoms with Crippen LogP contribution in [0.2, 0.25) is 0 Å². The largest absolute Gasteiger partial charge is 0.478 e. The van der Waals surface area contributed by atoms with Gasteiger partial charge in [0.15, 0.2) is 0 Å². The van der Waals surface area contributed by atoms with Crippen molar-refractivity contribution in [1.82, 2.24) is 13.6 Å². The molecule has 1 aromatic heterocycles. The summed E-state index contributed by atoms with van der Waals surface area (Å²) in [6.45, 7) is 5.34. The van der Waals surface area contributed by atoms with E-state index in [2.05, 4.69) is 4.72 Å². The third kappa shape index (κ3) is 6.39. The summed E-state index contributed by atoms with van der Waals surface area (Å²) in [4.78, 5) is 23.5. The molecule has 2 heterocycles. The fourth-order valence-electron chi connectivity index (χ4n) is 4.53. The molecule has 2 N–H and O–H groups in total. The maximum absolute atomic E-state index is 14.1. The number of benzene rings is 2. The molecule has 0 saturated carbocycles. The van der Waals surface area contributed by atoms with Gasteiger partial charge in [0.05, 0.1) is 21.5 Å². The summed E-state index contributed by atoms with van der Waals surface area (Å²) in [7, 11) is -9.39. The first-order valence-corrected chi connectivity index (χ1v) is 15.5. The van der Waals surface area contributed by atoms with Crippen LogP contribution in [-0.2, 0) is 31.0 Å². The zero-order valence-electron chi connectivity index (χ0n) is 22.7. The van der Waals surface area contributed by atoms with Gasteiger partial charge in [-0.1, -0.05) is 6.07 Å². The number of rotatable bonds is 6. The van der Waals surface area contributed by atoms with Gasteiger partial charge in [0.25, 0.3) is 10.0 Å². The first kappa shape index (κ1) is 31.3. The highest BCUT2D eigenvalue weighted by molar-refractivity contribution is 7.91. The molecule has 1 aliphatic heterocycles. The molecule has 42 heavy (non-hydrogen) atoms. The van der Waals surface area contributed by atoms with Crippen molar-refractivity contribution in [1.29, 1.82) is 0 Å². The maximum atomic E-state index is 14.1. The summed E-state index contributed by atoms with van der Waals surface area (Å²) in [5, 5.41) is 8.26. The standard InChI is InChI=1S/C26H28F3N3O8S2/c1-25(2,3)40-24(35)31-13-11-17(12-14-31)30-41(36,37)21-15-32(20-6-4-5-19(22(20)21)26(27,28)29)42(38,39)18-9-7-16(8-10-18)23(33)34/h4-10,15,17,30H,11-14H2,1-3H3,(H,33,34). The number of aromatic carboxylic acids is 1. The number of aromatic nitrogens is 1. The van der Waals surface area contributed by atoms with E-state index < -0.39 is 76.2 Å². The molecule has 1 saturated heterocycles. The fraction of sp³-hybridized carbons (Fsp3) is 0.385. The summed E-state index contributed by atoms with van der Waals surface area (Å²) in [6, 6.07) is 5.83. The van der Waals surface area contributed by atoms with Crippen LogP contribution >= 0.6 is 0 Å². The Morgan fingerprint density at radius 1 is 0.976 bits per heavy atom. The molecule has 1 fully saturated rings. The lowest BCUT2D eigenvalue weighted by molar-refractivity contribution is -0.136. The number of piperidine rings is 1. The number of nitrogens with zero attached hydrogens (tertiary/aromatic N) is 2. The fourth-order valence-corrected chi connectivity index (χ4v) is 7.49. The summed E-state index contributed by atoms with van der Waals surface area (Å²) in [6.07, 6.45) is -4.72. The molecule has 0 bridgehead atoms. The average Bonchev–Trinajstić information content (AvgIpc) is 3.29. The predicted octanol–water partition coefficient (Wildman–Crippen LogP) is 4.27. The Balaban J connectivity index is 1.73. The lowest BCUT2D eigenvalue weighted by Crippen LogP contribution is -2.47. The Hall–Kier alpha value is -3.63. The van der Waals surface area contributed by atoms with Crippen molar-refractivity contribution < 1.29 is 49.4 Å². The molecule has 11 nitrogen and oxygen atoms in total. The summed E-state index contributed by atoms with van der Waals surface area (Å²) >= 11 is 0. The molecule has 1 aliphatic rings. The number of hydrogen-bond donors (Lipinski definition) is 2. The Labute approximate surface area is 240 Å². The van der Waals surface area contributed by atoms with Crippen molar-refractivity contribution in [3.8, 4) is 0 Å². The SMILES string of the molecule is CC(C)(C)OC(=O)N1CCC(NS(=O)(=O)c2cn(S(=O)(=O)c3ccc(C(=O)O)cc3)c3cccc(C(F)(F)F)c23)CC1. The van der Waals surface area contributed by atoms with Crippen molar-refractivity contribution >= 4 is 43.0 Å². The number of likely N-dealkylation sites (tertiary alicyclic amines) is 1. The second kappa shape index (κ2) is 10.9. The minimum Gasteiger partial charge on any atom is -0.478 e. The van der Waals surface area contributed by atoms with Crippen LogP contribution in [0.3, 0.4) is 0 Å².